The molecule has 0 fully saturated rings. The Hall–Kier alpha value is -2.18. The second-order valence-corrected chi connectivity index (χ2v) is 6.97. The van der Waals surface area contributed by atoms with Crippen molar-refractivity contribution < 1.29 is 9.59 Å². The van der Waals surface area contributed by atoms with Gasteiger partial charge in [-0.25, -0.2) is 4.79 Å². The van der Waals surface area contributed by atoms with Crippen LogP contribution >= 0.6 is 23.4 Å². The van der Waals surface area contributed by atoms with E-state index < -0.39 is 6.03 Å². The summed E-state index contributed by atoms with van der Waals surface area (Å²) in [6.45, 7) is 2.27. The van der Waals surface area contributed by atoms with Gasteiger partial charge in [0, 0.05) is 22.2 Å². The fourth-order valence-corrected chi connectivity index (χ4v) is 2.97. The highest BCUT2D eigenvalue weighted by molar-refractivity contribution is 8.00. The lowest BCUT2D eigenvalue weighted by Crippen LogP contribution is -2.30. The Balaban J connectivity index is 1.83. The smallest absolute Gasteiger partial charge is 0.316 e. The molecule has 3 amide bonds. The fraction of sp³-hybridized carbons (Fsp3) is 0.176. The Kier molecular flexibility index (Phi) is 6.52. The van der Waals surface area contributed by atoms with Gasteiger partial charge in [0.2, 0.25) is 5.91 Å². The van der Waals surface area contributed by atoms with Gasteiger partial charge in [-0.3, -0.25) is 4.79 Å². The third kappa shape index (κ3) is 5.79. The first-order valence-electron chi connectivity index (χ1n) is 7.29. The van der Waals surface area contributed by atoms with Crippen LogP contribution in [0.1, 0.15) is 12.5 Å². The van der Waals surface area contributed by atoms with Crippen molar-refractivity contribution in [2.45, 2.75) is 23.6 Å². The van der Waals surface area contributed by atoms with Gasteiger partial charge in [0.25, 0.3) is 0 Å². The van der Waals surface area contributed by atoms with Gasteiger partial charge in [0.1, 0.15) is 0 Å². The molecule has 0 heterocycles. The van der Waals surface area contributed by atoms with Gasteiger partial charge < -0.3 is 16.4 Å². The molecule has 0 saturated carbocycles. The number of urea groups is 1. The first-order valence-corrected chi connectivity index (χ1v) is 8.55. The highest BCUT2D eigenvalue weighted by Gasteiger charge is 2.14. The number of nitrogens with two attached hydrogens (primary N) is 1. The molecule has 2 aromatic carbocycles. The lowest BCUT2D eigenvalue weighted by molar-refractivity contribution is -0.120. The maximum atomic E-state index is 12.2. The van der Waals surface area contributed by atoms with E-state index in [1.807, 2.05) is 31.2 Å². The van der Waals surface area contributed by atoms with Crippen molar-refractivity contribution in [1.29, 1.82) is 0 Å². The van der Waals surface area contributed by atoms with Crippen LogP contribution in [0.3, 0.4) is 0 Å². The predicted octanol–water partition coefficient (Wildman–Crippen LogP) is 3.63. The van der Waals surface area contributed by atoms with Crippen LogP contribution in [-0.4, -0.2) is 17.2 Å². The lowest BCUT2D eigenvalue weighted by atomic mass is 10.2. The molecular formula is C17H18ClN3O2S. The molecule has 0 aliphatic rings. The number of nitrogens with one attached hydrogen (secondary N) is 2. The third-order valence-corrected chi connectivity index (χ3v) is 4.55. The number of carbonyl (C=O) groups is 2. The fourth-order valence-electron chi connectivity index (χ4n) is 1.95. The molecule has 7 heteroatoms. The molecule has 24 heavy (non-hydrogen) atoms. The largest absolute Gasteiger partial charge is 0.351 e. The maximum absolute atomic E-state index is 12.2. The lowest BCUT2D eigenvalue weighted by Gasteiger charge is -2.12. The Morgan fingerprint density at radius 2 is 1.75 bits per heavy atom. The standard InChI is InChI=1S/C17H18ClN3O2S/c1-11(24-15-8-4-13(18)5-9-15)16(22)20-10-12-2-6-14(7-3-12)21-17(19)23/h2-9,11H,10H2,1H3,(H,20,22)(H3,19,21,23)/t11-/m0/s1. The van der Waals surface area contributed by atoms with E-state index in [9.17, 15) is 9.59 Å². The zero-order valence-corrected chi connectivity index (χ0v) is 14.7. The molecule has 1 atom stereocenters. The summed E-state index contributed by atoms with van der Waals surface area (Å²) in [5.74, 6) is -0.0470. The van der Waals surface area contributed by atoms with E-state index in [2.05, 4.69) is 10.6 Å². The molecule has 126 valence electrons. The zero-order valence-electron chi connectivity index (χ0n) is 13.1. The number of hydrogen-bond acceptors (Lipinski definition) is 3. The van der Waals surface area contributed by atoms with Crippen LogP contribution in [0.15, 0.2) is 53.4 Å². The Bertz CT molecular complexity index is 705. The number of halogens is 1. The molecule has 0 spiro atoms. The average molecular weight is 364 g/mol. The quantitative estimate of drug-likeness (QED) is 0.685. The average Bonchev–Trinajstić information content (AvgIpc) is 2.55. The second-order valence-electron chi connectivity index (χ2n) is 5.12. The topological polar surface area (TPSA) is 84.2 Å². The number of carbonyl (C=O) groups excluding carboxylic acids is 2. The minimum absolute atomic E-state index is 0.0470. The minimum atomic E-state index is -0.607. The Morgan fingerprint density at radius 3 is 2.33 bits per heavy atom. The summed E-state index contributed by atoms with van der Waals surface area (Å²) in [6, 6.07) is 13.9. The van der Waals surface area contributed by atoms with E-state index in [0.29, 0.717) is 17.3 Å². The molecule has 5 nitrogen and oxygen atoms in total. The van der Waals surface area contributed by atoms with Crippen LogP contribution in [0, 0.1) is 0 Å². The molecule has 0 radical (unpaired) electrons. The highest BCUT2D eigenvalue weighted by atomic mass is 35.5. The second kappa shape index (κ2) is 8.61. The number of hydrogen-bond donors (Lipinski definition) is 3. The van der Waals surface area contributed by atoms with Crippen molar-refractivity contribution in [1.82, 2.24) is 5.32 Å². The molecule has 4 N–H and O–H groups in total. The van der Waals surface area contributed by atoms with E-state index in [0.717, 1.165) is 10.5 Å². The third-order valence-electron chi connectivity index (χ3n) is 3.18. The molecule has 2 aromatic rings. The summed E-state index contributed by atoms with van der Waals surface area (Å²) in [5, 5.41) is 5.83. The molecule has 0 aliphatic carbocycles. The van der Waals surface area contributed by atoms with Gasteiger partial charge in [-0.15, -0.1) is 11.8 Å². The van der Waals surface area contributed by atoms with Gasteiger partial charge in [0.05, 0.1) is 5.25 Å². The van der Waals surface area contributed by atoms with Crippen molar-refractivity contribution in [3.8, 4) is 0 Å². The number of benzene rings is 2. The predicted molar refractivity (Wildman–Crippen MR) is 98.3 cm³/mol. The van der Waals surface area contributed by atoms with E-state index in [-0.39, 0.29) is 11.2 Å². The van der Waals surface area contributed by atoms with E-state index >= 15 is 0 Å². The normalized spacial score (nSPS) is 11.6. The van der Waals surface area contributed by atoms with Gasteiger partial charge >= 0.3 is 6.03 Å². The molecular weight excluding hydrogens is 346 g/mol. The van der Waals surface area contributed by atoms with Gasteiger partial charge in [-0.05, 0) is 48.9 Å². The first kappa shape index (κ1) is 18.2. The molecule has 0 unspecified atom stereocenters. The summed E-state index contributed by atoms with van der Waals surface area (Å²) in [4.78, 5) is 23.9. The van der Waals surface area contributed by atoms with Crippen LogP contribution in [0.25, 0.3) is 0 Å². The summed E-state index contributed by atoms with van der Waals surface area (Å²) in [6.07, 6.45) is 0. The van der Waals surface area contributed by atoms with E-state index in [4.69, 9.17) is 17.3 Å². The first-order chi connectivity index (χ1) is 11.4. The van der Waals surface area contributed by atoms with E-state index in [1.165, 1.54) is 11.8 Å². The molecule has 0 bridgehead atoms. The number of thioether (sulfide) groups is 1. The summed E-state index contributed by atoms with van der Waals surface area (Å²) in [7, 11) is 0. The number of anilines is 1. The highest BCUT2D eigenvalue weighted by Crippen LogP contribution is 2.24. The minimum Gasteiger partial charge on any atom is -0.351 e. The van der Waals surface area contributed by atoms with Gasteiger partial charge in [-0.1, -0.05) is 23.7 Å². The van der Waals surface area contributed by atoms with Gasteiger partial charge in [0.15, 0.2) is 0 Å². The molecule has 2 rings (SSSR count). The van der Waals surface area contributed by atoms with Crippen molar-refractivity contribution in [3.63, 3.8) is 0 Å². The van der Waals surface area contributed by atoms with Crippen molar-refractivity contribution in [3.05, 3.63) is 59.1 Å². The zero-order chi connectivity index (χ0) is 17.5. The SMILES string of the molecule is C[C@H](Sc1ccc(Cl)cc1)C(=O)NCc1ccc(NC(N)=O)cc1. The van der Waals surface area contributed by atoms with Crippen LogP contribution < -0.4 is 16.4 Å². The number of primary amides is 1. The summed E-state index contributed by atoms with van der Waals surface area (Å²) >= 11 is 7.32. The summed E-state index contributed by atoms with van der Waals surface area (Å²) in [5.41, 5.74) is 6.60. The molecule has 0 saturated heterocycles. The van der Waals surface area contributed by atoms with Crippen molar-refractivity contribution >= 4 is 41.0 Å². The molecule has 0 aliphatic heterocycles. The van der Waals surface area contributed by atoms with Crippen LogP contribution in [0.4, 0.5) is 10.5 Å². The van der Waals surface area contributed by atoms with Crippen LogP contribution in [-0.2, 0) is 11.3 Å². The monoisotopic (exact) mass is 363 g/mol. The van der Waals surface area contributed by atoms with Crippen molar-refractivity contribution in [2.24, 2.45) is 5.73 Å². The molecule has 0 aromatic heterocycles. The number of rotatable bonds is 6. The van der Waals surface area contributed by atoms with Gasteiger partial charge in [-0.2, -0.15) is 0 Å². The Labute approximate surface area is 150 Å². The van der Waals surface area contributed by atoms with Crippen LogP contribution in [0.2, 0.25) is 5.02 Å². The van der Waals surface area contributed by atoms with Crippen molar-refractivity contribution in [2.75, 3.05) is 5.32 Å². The van der Waals surface area contributed by atoms with E-state index in [1.54, 1.807) is 24.3 Å². The van der Waals surface area contributed by atoms with Crippen LogP contribution in [0.5, 0.6) is 0 Å². The Morgan fingerprint density at radius 1 is 1.12 bits per heavy atom. The maximum Gasteiger partial charge on any atom is 0.316 e. The number of amides is 3. The summed E-state index contributed by atoms with van der Waals surface area (Å²) < 4.78 is 0.